The molecule has 7 N–H and O–H groups in total. The van der Waals surface area contributed by atoms with Crippen LogP contribution in [0.4, 0.5) is 0 Å². The fourth-order valence-corrected chi connectivity index (χ4v) is 7.33. The molecule has 2 rings (SSSR count). The first kappa shape index (κ1) is 54.4. The Balaban J connectivity index is 1.85. The number of unbranched alkanes of at least 4 members (excludes halogenated alkanes) is 19. The summed E-state index contributed by atoms with van der Waals surface area (Å²) in [5.74, 6) is -0.932. The van der Waals surface area contributed by atoms with Crippen LogP contribution in [0.25, 0.3) is 0 Å². The third-order valence-electron chi connectivity index (χ3n) is 11.2. The van der Waals surface area contributed by atoms with Crippen molar-refractivity contribution in [2.24, 2.45) is 0 Å². The van der Waals surface area contributed by atoms with E-state index in [1.54, 1.807) is 0 Å². The van der Waals surface area contributed by atoms with Crippen molar-refractivity contribution in [1.29, 1.82) is 0 Å². The van der Waals surface area contributed by atoms with E-state index in [-0.39, 0.29) is 26.1 Å². The molecule has 0 radical (unpaired) electrons. The minimum atomic E-state index is -1.76. The van der Waals surface area contributed by atoms with Crippen LogP contribution in [0.1, 0.15) is 168 Å². The zero-order valence-electron chi connectivity index (χ0n) is 36.7. The van der Waals surface area contributed by atoms with Crippen LogP contribution in [0.3, 0.4) is 0 Å². The normalized spacial score (nSPS) is 27.6. The highest BCUT2D eigenvalue weighted by Crippen LogP contribution is 2.26. The highest BCUT2D eigenvalue weighted by atomic mass is 16.7. The van der Waals surface area contributed by atoms with Gasteiger partial charge >= 0.3 is 11.9 Å². The van der Waals surface area contributed by atoms with Gasteiger partial charge in [0.25, 0.3) is 0 Å². The third-order valence-corrected chi connectivity index (χ3v) is 11.2. The first-order valence-electron chi connectivity index (χ1n) is 23.3. The summed E-state index contributed by atoms with van der Waals surface area (Å²) >= 11 is 0. The lowest BCUT2D eigenvalue weighted by molar-refractivity contribution is -0.332. The molecule has 11 atom stereocenters. The summed E-state index contributed by atoms with van der Waals surface area (Å²) in [5, 5.41) is 71.8. The monoisotopic (exact) mass is 863 g/mol. The summed E-state index contributed by atoms with van der Waals surface area (Å²) in [7, 11) is 0. The SMILES string of the molecule is CCCCCC/C=C\CCCCCCCC(=O)OC[C@H](COC1OC(COC2OC(CO)C(O)C(O)C2O)C(O)C(O)C1O)OC(=O)CCCCCCCCCCCCC. The smallest absolute Gasteiger partial charge is 0.306 e. The Morgan fingerprint density at radius 3 is 1.48 bits per heavy atom. The summed E-state index contributed by atoms with van der Waals surface area (Å²) in [5.41, 5.74) is 0. The zero-order chi connectivity index (χ0) is 44.0. The van der Waals surface area contributed by atoms with Gasteiger partial charge in [0.1, 0.15) is 55.4 Å². The molecule has 0 saturated carbocycles. The first-order valence-corrected chi connectivity index (χ1v) is 23.3. The Kier molecular flexibility index (Phi) is 30.6. The van der Waals surface area contributed by atoms with Crippen molar-refractivity contribution < 1.29 is 73.8 Å². The molecule has 60 heavy (non-hydrogen) atoms. The van der Waals surface area contributed by atoms with Crippen LogP contribution >= 0.6 is 0 Å². The van der Waals surface area contributed by atoms with Gasteiger partial charge in [0.05, 0.1) is 19.8 Å². The van der Waals surface area contributed by atoms with E-state index in [0.29, 0.717) is 12.8 Å². The molecule has 10 unspecified atom stereocenters. The number of esters is 2. The second-order valence-electron chi connectivity index (χ2n) is 16.6. The maximum atomic E-state index is 12.9. The molecule has 0 spiro atoms. The largest absolute Gasteiger partial charge is 0.462 e. The molecule has 2 aliphatic rings. The van der Waals surface area contributed by atoms with Crippen molar-refractivity contribution in [3.05, 3.63) is 12.2 Å². The van der Waals surface area contributed by atoms with Crippen molar-refractivity contribution in [3.8, 4) is 0 Å². The molecule has 0 aromatic carbocycles. The summed E-state index contributed by atoms with van der Waals surface area (Å²) in [6, 6.07) is 0. The average molecular weight is 863 g/mol. The van der Waals surface area contributed by atoms with Gasteiger partial charge in [-0.2, -0.15) is 0 Å². The van der Waals surface area contributed by atoms with Crippen LogP contribution in [0.5, 0.6) is 0 Å². The molecule has 15 nitrogen and oxygen atoms in total. The first-order chi connectivity index (χ1) is 29.0. The van der Waals surface area contributed by atoms with E-state index in [2.05, 4.69) is 26.0 Å². The number of carbonyl (C=O) groups excluding carboxylic acids is 2. The van der Waals surface area contributed by atoms with E-state index in [1.807, 2.05) is 0 Å². The maximum absolute atomic E-state index is 12.9. The quantitative estimate of drug-likeness (QED) is 0.0252. The van der Waals surface area contributed by atoms with Crippen LogP contribution in [0.2, 0.25) is 0 Å². The van der Waals surface area contributed by atoms with Crippen LogP contribution in [0.15, 0.2) is 12.2 Å². The Hall–Kier alpha value is -1.76. The van der Waals surface area contributed by atoms with E-state index in [1.165, 1.54) is 70.6 Å². The molecular weight excluding hydrogens is 780 g/mol. The minimum absolute atomic E-state index is 0.168. The second kappa shape index (κ2) is 33.8. The molecule has 0 amide bonds. The maximum Gasteiger partial charge on any atom is 0.306 e. The highest BCUT2D eigenvalue weighted by Gasteiger charge is 2.47. The lowest BCUT2D eigenvalue weighted by Crippen LogP contribution is -2.61. The molecule has 2 aliphatic heterocycles. The number of hydrogen-bond donors (Lipinski definition) is 7. The van der Waals surface area contributed by atoms with Gasteiger partial charge < -0.3 is 64.2 Å². The highest BCUT2D eigenvalue weighted by molar-refractivity contribution is 5.70. The minimum Gasteiger partial charge on any atom is -0.462 e. The number of rotatable bonds is 35. The zero-order valence-corrected chi connectivity index (χ0v) is 36.7. The van der Waals surface area contributed by atoms with Crippen molar-refractivity contribution in [2.75, 3.05) is 26.4 Å². The third kappa shape index (κ3) is 22.5. The number of hydrogen-bond acceptors (Lipinski definition) is 15. The molecule has 0 bridgehead atoms. The molecule has 0 aromatic heterocycles. The van der Waals surface area contributed by atoms with Gasteiger partial charge in [0.15, 0.2) is 18.7 Å². The number of ether oxygens (including phenoxy) is 6. The Labute approximate surface area is 359 Å². The van der Waals surface area contributed by atoms with Gasteiger partial charge in [0.2, 0.25) is 0 Å². The fourth-order valence-electron chi connectivity index (χ4n) is 7.33. The fraction of sp³-hybridized carbons (Fsp3) is 0.911. The summed E-state index contributed by atoms with van der Waals surface area (Å²) < 4.78 is 33.4. The summed E-state index contributed by atoms with van der Waals surface area (Å²) in [4.78, 5) is 25.6. The van der Waals surface area contributed by atoms with E-state index in [0.717, 1.165) is 57.8 Å². The topological polar surface area (TPSA) is 231 Å². The molecule has 15 heteroatoms. The second-order valence-corrected chi connectivity index (χ2v) is 16.6. The van der Waals surface area contributed by atoms with Gasteiger partial charge in [0, 0.05) is 12.8 Å². The van der Waals surface area contributed by atoms with Gasteiger partial charge in [-0.25, -0.2) is 0 Å². The number of aliphatic hydroxyl groups excluding tert-OH is 7. The van der Waals surface area contributed by atoms with Crippen LogP contribution in [-0.2, 0) is 38.0 Å². The van der Waals surface area contributed by atoms with Crippen LogP contribution in [-0.4, -0.2) is 142 Å². The number of aliphatic hydroxyl groups is 7. The van der Waals surface area contributed by atoms with E-state index in [9.17, 15) is 45.3 Å². The Morgan fingerprint density at radius 2 is 0.950 bits per heavy atom. The number of allylic oxidation sites excluding steroid dienone is 2. The molecule has 2 fully saturated rings. The lowest BCUT2D eigenvalue weighted by Gasteiger charge is -2.42. The van der Waals surface area contributed by atoms with E-state index >= 15 is 0 Å². The summed E-state index contributed by atoms with van der Waals surface area (Å²) in [6.45, 7) is 2.54. The van der Waals surface area contributed by atoms with Crippen molar-refractivity contribution >= 4 is 11.9 Å². The lowest BCUT2D eigenvalue weighted by atomic mass is 9.98. The van der Waals surface area contributed by atoms with Gasteiger partial charge in [-0.15, -0.1) is 0 Å². The van der Waals surface area contributed by atoms with E-state index < -0.39 is 92.7 Å². The molecule has 0 aromatic rings. The van der Waals surface area contributed by atoms with Gasteiger partial charge in [-0.3, -0.25) is 9.59 Å². The average Bonchev–Trinajstić information content (AvgIpc) is 3.24. The van der Waals surface area contributed by atoms with Gasteiger partial charge in [-0.1, -0.05) is 129 Å². The van der Waals surface area contributed by atoms with Crippen molar-refractivity contribution in [2.45, 2.75) is 235 Å². The summed E-state index contributed by atoms with van der Waals surface area (Å²) in [6.07, 6.45) is 12.6. The standard InChI is InChI=1S/C45H82O15/c1-3-5-7-9-11-13-15-16-18-19-21-23-25-27-36(47)55-30-33(58-37(48)28-26-24-22-20-17-14-12-10-8-6-4-2)31-56-44-43(54)41(52)39(50)35(60-44)32-57-45-42(53)40(51)38(49)34(29-46)59-45/h13,15,33-35,38-46,49-54H,3-12,14,16-32H2,1-2H3/b15-13-/t33-,34?,35?,38?,39?,40?,41?,42?,43?,44?,45?/m1/s1. The Morgan fingerprint density at radius 1 is 0.517 bits per heavy atom. The molecule has 352 valence electrons. The van der Waals surface area contributed by atoms with Gasteiger partial charge in [-0.05, 0) is 38.5 Å². The molecule has 2 heterocycles. The van der Waals surface area contributed by atoms with Crippen LogP contribution in [0, 0.1) is 0 Å². The predicted octanol–water partition coefficient (Wildman–Crippen LogP) is 5.04. The predicted molar refractivity (Wildman–Crippen MR) is 224 cm³/mol. The van der Waals surface area contributed by atoms with Crippen molar-refractivity contribution in [1.82, 2.24) is 0 Å². The molecule has 2 saturated heterocycles. The van der Waals surface area contributed by atoms with Crippen molar-refractivity contribution in [3.63, 3.8) is 0 Å². The number of carbonyl (C=O) groups is 2. The van der Waals surface area contributed by atoms with Crippen LogP contribution < -0.4 is 0 Å². The van der Waals surface area contributed by atoms with E-state index in [4.69, 9.17) is 28.4 Å². The molecule has 0 aliphatic carbocycles. The molecular formula is C45H82O15. The Bertz CT molecular complexity index is 1110.